The van der Waals surface area contributed by atoms with E-state index in [1.807, 2.05) is 24.3 Å². The lowest BCUT2D eigenvalue weighted by molar-refractivity contribution is 0.733. The van der Waals surface area contributed by atoms with Crippen LogP contribution in [0.1, 0.15) is 25.2 Å². The van der Waals surface area contributed by atoms with Gasteiger partial charge in [-0.15, -0.1) is 10.2 Å². The number of hydrogen-bond acceptors (Lipinski definition) is 4. The summed E-state index contributed by atoms with van der Waals surface area (Å²) < 4.78 is 1.79. The molecule has 5 nitrogen and oxygen atoms in total. The molecule has 1 aromatic carbocycles. The second-order valence-electron chi connectivity index (χ2n) is 4.35. The molecule has 0 saturated heterocycles. The molecule has 0 unspecified atom stereocenters. The average Bonchev–Trinajstić information content (AvgIpc) is 2.90. The summed E-state index contributed by atoms with van der Waals surface area (Å²) in [5.74, 6) is 0.537. The third kappa shape index (κ3) is 2.07. The smallest absolute Gasteiger partial charge is 0.208 e. The Bertz CT molecular complexity index is 717. The molecule has 0 bridgehead atoms. The minimum Gasteiger partial charge on any atom is -0.208 e. The van der Waals surface area contributed by atoms with Crippen LogP contribution in [0, 0.1) is 0 Å². The summed E-state index contributed by atoms with van der Waals surface area (Å²) >= 11 is 0. The standard InChI is InChI=1S/C14H15N5/c1-3-10-9-11(4-2)19(18-10)14-15-12-7-5-6-8-13(12)16-17-14/h5-9H,3-4H2,1-2H3. The number of hydrogen-bond donors (Lipinski definition) is 0. The molecule has 0 aliphatic carbocycles. The Balaban J connectivity index is 2.15. The molecule has 2 aromatic heterocycles. The zero-order valence-corrected chi connectivity index (χ0v) is 11.0. The van der Waals surface area contributed by atoms with E-state index in [9.17, 15) is 0 Å². The minimum atomic E-state index is 0.537. The Morgan fingerprint density at radius 1 is 1.00 bits per heavy atom. The van der Waals surface area contributed by atoms with Gasteiger partial charge in [-0.25, -0.2) is 9.67 Å². The average molecular weight is 253 g/mol. The largest absolute Gasteiger partial charge is 0.270 e. The maximum Gasteiger partial charge on any atom is 0.270 e. The zero-order valence-electron chi connectivity index (χ0n) is 11.0. The number of aromatic nitrogens is 5. The van der Waals surface area contributed by atoms with E-state index in [1.54, 1.807) is 4.68 Å². The third-order valence-corrected chi connectivity index (χ3v) is 3.10. The van der Waals surface area contributed by atoms with Crippen molar-refractivity contribution in [2.45, 2.75) is 26.7 Å². The number of nitrogens with zero attached hydrogens (tertiary/aromatic N) is 5. The van der Waals surface area contributed by atoms with Gasteiger partial charge in [-0.1, -0.05) is 26.0 Å². The number of fused-ring (bicyclic) bond motifs is 1. The molecule has 0 radical (unpaired) electrons. The van der Waals surface area contributed by atoms with E-state index in [1.165, 1.54) is 0 Å². The van der Waals surface area contributed by atoms with Gasteiger partial charge in [0.15, 0.2) is 0 Å². The molecule has 0 fully saturated rings. The minimum absolute atomic E-state index is 0.537. The van der Waals surface area contributed by atoms with Gasteiger partial charge in [-0.2, -0.15) is 5.10 Å². The summed E-state index contributed by atoms with van der Waals surface area (Å²) in [6, 6.07) is 9.81. The summed E-state index contributed by atoms with van der Waals surface area (Å²) in [6.07, 6.45) is 1.80. The molecule has 96 valence electrons. The highest BCUT2D eigenvalue weighted by molar-refractivity contribution is 5.73. The van der Waals surface area contributed by atoms with Crippen molar-refractivity contribution in [3.63, 3.8) is 0 Å². The molecule has 3 aromatic rings. The lowest BCUT2D eigenvalue weighted by Gasteiger charge is -2.03. The number of aryl methyl sites for hydroxylation is 2. The molecule has 0 atom stereocenters. The first-order valence-corrected chi connectivity index (χ1v) is 6.49. The zero-order chi connectivity index (χ0) is 13.2. The SMILES string of the molecule is CCc1cc(CC)n(-c2nnc3ccccc3n2)n1. The third-order valence-electron chi connectivity index (χ3n) is 3.10. The van der Waals surface area contributed by atoms with Crippen molar-refractivity contribution in [3.05, 3.63) is 41.7 Å². The van der Waals surface area contributed by atoms with E-state index in [0.717, 1.165) is 35.3 Å². The van der Waals surface area contributed by atoms with Crippen LogP contribution in [0.3, 0.4) is 0 Å². The van der Waals surface area contributed by atoms with Crippen LogP contribution in [0.25, 0.3) is 17.0 Å². The van der Waals surface area contributed by atoms with E-state index >= 15 is 0 Å². The molecule has 5 heteroatoms. The van der Waals surface area contributed by atoms with Crippen LogP contribution < -0.4 is 0 Å². The fraction of sp³-hybridized carbons (Fsp3) is 0.286. The lowest BCUT2D eigenvalue weighted by atomic mass is 10.3. The molecule has 0 aliphatic heterocycles. The van der Waals surface area contributed by atoms with Crippen molar-refractivity contribution < 1.29 is 0 Å². The molecular weight excluding hydrogens is 238 g/mol. The number of benzene rings is 1. The van der Waals surface area contributed by atoms with Gasteiger partial charge >= 0.3 is 0 Å². The summed E-state index contributed by atoms with van der Waals surface area (Å²) in [5, 5.41) is 12.9. The van der Waals surface area contributed by atoms with Crippen LogP contribution in [0.2, 0.25) is 0 Å². The normalized spacial score (nSPS) is 11.1. The predicted molar refractivity (Wildman–Crippen MR) is 73.2 cm³/mol. The Morgan fingerprint density at radius 3 is 2.53 bits per heavy atom. The Hall–Kier alpha value is -2.30. The Labute approximate surface area is 111 Å². The fourth-order valence-electron chi connectivity index (χ4n) is 2.03. The molecule has 0 saturated carbocycles. The maximum atomic E-state index is 4.53. The van der Waals surface area contributed by atoms with Crippen LogP contribution >= 0.6 is 0 Å². The van der Waals surface area contributed by atoms with Gasteiger partial charge < -0.3 is 0 Å². The van der Waals surface area contributed by atoms with Crippen molar-refractivity contribution in [2.24, 2.45) is 0 Å². The van der Waals surface area contributed by atoms with E-state index < -0.39 is 0 Å². The molecule has 3 rings (SSSR count). The Kier molecular flexibility index (Phi) is 2.95. The highest BCUT2D eigenvalue weighted by Crippen LogP contribution is 2.13. The topological polar surface area (TPSA) is 56.5 Å². The van der Waals surface area contributed by atoms with Crippen LogP contribution in [0.4, 0.5) is 0 Å². The van der Waals surface area contributed by atoms with Crippen molar-refractivity contribution in [3.8, 4) is 5.95 Å². The molecule has 2 heterocycles. The van der Waals surface area contributed by atoms with Gasteiger partial charge in [-0.05, 0) is 31.0 Å². The highest BCUT2D eigenvalue weighted by atomic mass is 15.4. The van der Waals surface area contributed by atoms with Crippen LogP contribution in [-0.2, 0) is 12.8 Å². The van der Waals surface area contributed by atoms with Gasteiger partial charge in [0.05, 0.1) is 11.2 Å². The van der Waals surface area contributed by atoms with Crippen LogP contribution in [0.5, 0.6) is 0 Å². The Morgan fingerprint density at radius 2 is 1.79 bits per heavy atom. The lowest BCUT2D eigenvalue weighted by Crippen LogP contribution is -2.08. The number of rotatable bonds is 3. The van der Waals surface area contributed by atoms with Crippen molar-refractivity contribution in [1.29, 1.82) is 0 Å². The van der Waals surface area contributed by atoms with Gasteiger partial charge in [0.1, 0.15) is 5.52 Å². The molecule has 0 amide bonds. The molecule has 0 spiro atoms. The van der Waals surface area contributed by atoms with E-state index in [4.69, 9.17) is 0 Å². The molecule has 19 heavy (non-hydrogen) atoms. The van der Waals surface area contributed by atoms with Crippen molar-refractivity contribution in [1.82, 2.24) is 25.0 Å². The highest BCUT2D eigenvalue weighted by Gasteiger charge is 2.10. The first kappa shape index (κ1) is 11.8. The second kappa shape index (κ2) is 4.76. The first-order valence-electron chi connectivity index (χ1n) is 6.49. The second-order valence-corrected chi connectivity index (χ2v) is 4.35. The summed E-state index contributed by atoms with van der Waals surface area (Å²) in [4.78, 5) is 4.53. The van der Waals surface area contributed by atoms with Gasteiger partial charge in [0.25, 0.3) is 5.95 Å². The van der Waals surface area contributed by atoms with E-state index in [2.05, 4.69) is 40.2 Å². The van der Waals surface area contributed by atoms with Crippen LogP contribution in [0.15, 0.2) is 30.3 Å². The quantitative estimate of drug-likeness (QED) is 0.719. The van der Waals surface area contributed by atoms with Gasteiger partial charge in [0.2, 0.25) is 0 Å². The van der Waals surface area contributed by atoms with Gasteiger partial charge in [-0.3, -0.25) is 0 Å². The van der Waals surface area contributed by atoms with E-state index in [-0.39, 0.29) is 0 Å². The van der Waals surface area contributed by atoms with Gasteiger partial charge in [0, 0.05) is 5.69 Å². The maximum absolute atomic E-state index is 4.53. The summed E-state index contributed by atoms with van der Waals surface area (Å²) in [6.45, 7) is 4.19. The summed E-state index contributed by atoms with van der Waals surface area (Å²) in [5.41, 5.74) is 3.79. The number of para-hydroxylation sites is 1. The fourth-order valence-corrected chi connectivity index (χ4v) is 2.03. The predicted octanol–water partition coefficient (Wildman–Crippen LogP) is 2.34. The monoisotopic (exact) mass is 253 g/mol. The first-order chi connectivity index (χ1) is 9.31. The van der Waals surface area contributed by atoms with E-state index in [0.29, 0.717) is 5.95 Å². The van der Waals surface area contributed by atoms with Crippen molar-refractivity contribution >= 4 is 11.0 Å². The molecular formula is C14H15N5. The van der Waals surface area contributed by atoms with Crippen molar-refractivity contribution in [2.75, 3.05) is 0 Å². The molecule has 0 aliphatic rings. The summed E-state index contributed by atoms with van der Waals surface area (Å²) in [7, 11) is 0. The van der Waals surface area contributed by atoms with Crippen LogP contribution in [-0.4, -0.2) is 25.0 Å². The molecule has 0 N–H and O–H groups in total.